The molecule has 0 aromatic carbocycles. The molecule has 2 aromatic rings. The van der Waals surface area contributed by atoms with E-state index >= 15 is 0 Å². The van der Waals surface area contributed by atoms with Crippen LogP contribution in [0.2, 0.25) is 0 Å². The van der Waals surface area contributed by atoms with Crippen molar-refractivity contribution in [1.29, 1.82) is 0 Å². The van der Waals surface area contributed by atoms with Gasteiger partial charge in [0, 0.05) is 12.7 Å². The van der Waals surface area contributed by atoms with Gasteiger partial charge >= 0.3 is 0 Å². The number of fused-ring (bicyclic) bond motifs is 1. The van der Waals surface area contributed by atoms with Crippen molar-refractivity contribution in [3.63, 3.8) is 0 Å². The van der Waals surface area contributed by atoms with Crippen LogP contribution in [0.25, 0.3) is 5.65 Å². The Bertz CT molecular complexity index is 403. The predicted molar refractivity (Wildman–Crippen MR) is 47.8 cm³/mol. The number of hydrogen-bond acceptors (Lipinski definition) is 2. The van der Waals surface area contributed by atoms with Gasteiger partial charge in [-0.15, -0.1) is 0 Å². The Balaban J connectivity index is 2.81. The fourth-order valence-corrected chi connectivity index (χ4v) is 1.41. The fourth-order valence-electron chi connectivity index (χ4n) is 1.41. The third-order valence-corrected chi connectivity index (χ3v) is 2.02. The summed E-state index contributed by atoms with van der Waals surface area (Å²) in [5.41, 5.74) is 8.67. The maximum absolute atomic E-state index is 5.60. The van der Waals surface area contributed by atoms with Gasteiger partial charge < -0.3 is 10.1 Å². The van der Waals surface area contributed by atoms with Gasteiger partial charge in [-0.25, -0.2) is 4.98 Å². The SMILES string of the molecule is Cc1nc2ccccn2c1CN. The lowest BCUT2D eigenvalue weighted by atomic mass is 10.3. The fraction of sp³-hybridized carbons (Fsp3) is 0.222. The van der Waals surface area contributed by atoms with Gasteiger partial charge in [0.15, 0.2) is 0 Å². The summed E-state index contributed by atoms with van der Waals surface area (Å²) in [7, 11) is 0. The van der Waals surface area contributed by atoms with Crippen molar-refractivity contribution in [3.8, 4) is 0 Å². The largest absolute Gasteiger partial charge is 0.325 e. The van der Waals surface area contributed by atoms with Crippen molar-refractivity contribution in [2.24, 2.45) is 5.73 Å². The molecule has 0 amide bonds. The van der Waals surface area contributed by atoms with Gasteiger partial charge in [0.05, 0.1) is 11.4 Å². The molecule has 0 atom stereocenters. The first-order valence-electron chi connectivity index (χ1n) is 3.95. The first-order chi connectivity index (χ1) is 5.83. The van der Waals surface area contributed by atoms with E-state index in [4.69, 9.17) is 5.73 Å². The number of aryl methyl sites for hydroxylation is 1. The van der Waals surface area contributed by atoms with Crippen molar-refractivity contribution in [2.45, 2.75) is 13.5 Å². The van der Waals surface area contributed by atoms with Crippen LogP contribution in [-0.4, -0.2) is 9.38 Å². The Kier molecular flexibility index (Phi) is 1.59. The van der Waals surface area contributed by atoms with E-state index in [9.17, 15) is 0 Å². The van der Waals surface area contributed by atoms with Crippen molar-refractivity contribution >= 4 is 5.65 Å². The van der Waals surface area contributed by atoms with Crippen LogP contribution < -0.4 is 5.73 Å². The van der Waals surface area contributed by atoms with E-state index in [2.05, 4.69) is 4.98 Å². The van der Waals surface area contributed by atoms with Gasteiger partial charge in [-0.3, -0.25) is 0 Å². The molecule has 12 heavy (non-hydrogen) atoms. The van der Waals surface area contributed by atoms with Crippen LogP contribution in [0, 0.1) is 6.92 Å². The molecule has 2 aromatic heterocycles. The third kappa shape index (κ3) is 0.905. The molecule has 2 N–H and O–H groups in total. The van der Waals surface area contributed by atoms with Gasteiger partial charge in [-0.1, -0.05) is 6.07 Å². The summed E-state index contributed by atoms with van der Waals surface area (Å²) in [4.78, 5) is 4.37. The standard InChI is InChI=1S/C9H11N3/c1-7-8(6-10)12-5-3-2-4-9(12)11-7/h2-5H,6,10H2,1H3. The van der Waals surface area contributed by atoms with Gasteiger partial charge in [-0.2, -0.15) is 0 Å². The zero-order valence-corrected chi connectivity index (χ0v) is 6.99. The molecule has 3 nitrogen and oxygen atoms in total. The Morgan fingerprint density at radius 1 is 1.50 bits per heavy atom. The van der Waals surface area contributed by atoms with Crippen LogP contribution in [-0.2, 0) is 6.54 Å². The summed E-state index contributed by atoms with van der Waals surface area (Å²) in [5.74, 6) is 0. The molecule has 0 aliphatic rings. The third-order valence-electron chi connectivity index (χ3n) is 2.02. The summed E-state index contributed by atoms with van der Waals surface area (Å²) in [5, 5.41) is 0. The maximum atomic E-state index is 5.60. The van der Waals surface area contributed by atoms with Crippen LogP contribution in [0.15, 0.2) is 24.4 Å². The zero-order valence-electron chi connectivity index (χ0n) is 6.99. The molecule has 0 spiro atoms. The molecule has 0 saturated heterocycles. The molecule has 0 unspecified atom stereocenters. The average Bonchev–Trinajstić information content (AvgIpc) is 2.40. The summed E-state index contributed by atoms with van der Waals surface area (Å²) in [6.45, 7) is 2.52. The molecule has 0 aliphatic heterocycles. The number of nitrogens with two attached hydrogens (primary N) is 1. The second-order valence-corrected chi connectivity index (χ2v) is 2.78. The highest BCUT2D eigenvalue weighted by molar-refractivity contribution is 5.42. The van der Waals surface area contributed by atoms with Crippen LogP contribution in [0.3, 0.4) is 0 Å². The van der Waals surface area contributed by atoms with E-state index in [1.54, 1.807) is 0 Å². The molecular formula is C9H11N3. The molecule has 0 radical (unpaired) electrons. The number of aromatic nitrogens is 2. The molecule has 0 saturated carbocycles. The van der Waals surface area contributed by atoms with Crippen molar-refractivity contribution < 1.29 is 0 Å². The second kappa shape index (κ2) is 2.60. The van der Waals surface area contributed by atoms with E-state index in [1.165, 1.54) is 0 Å². The minimum absolute atomic E-state index is 0.539. The van der Waals surface area contributed by atoms with E-state index < -0.39 is 0 Å². The van der Waals surface area contributed by atoms with E-state index in [0.717, 1.165) is 17.0 Å². The summed E-state index contributed by atoms with van der Waals surface area (Å²) in [6.07, 6.45) is 1.98. The van der Waals surface area contributed by atoms with Crippen LogP contribution in [0.4, 0.5) is 0 Å². The lowest BCUT2D eigenvalue weighted by Gasteiger charge is -1.96. The average molecular weight is 161 g/mol. The molecular weight excluding hydrogens is 150 g/mol. The Morgan fingerprint density at radius 2 is 2.33 bits per heavy atom. The molecule has 2 heterocycles. The van der Waals surface area contributed by atoms with Gasteiger partial charge in [0.25, 0.3) is 0 Å². The molecule has 3 heteroatoms. The lowest BCUT2D eigenvalue weighted by Crippen LogP contribution is -2.01. The normalized spacial score (nSPS) is 10.8. The first-order valence-corrected chi connectivity index (χ1v) is 3.95. The Morgan fingerprint density at radius 3 is 3.08 bits per heavy atom. The molecule has 2 rings (SSSR count). The molecule has 0 fully saturated rings. The number of imidazole rings is 1. The highest BCUT2D eigenvalue weighted by Crippen LogP contribution is 2.09. The van der Waals surface area contributed by atoms with Crippen LogP contribution >= 0.6 is 0 Å². The zero-order chi connectivity index (χ0) is 8.55. The predicted octanol–water partition coefficient (Wildman–Crippen LogP) is 1.10. The smallest absolute Gasteiger partial charge is 0.137 e. The van der Waals surface area contributed by atoms with Crippen LogP contribution in [0.1, 0.15) is 11.4 Å². The number of nitrogens with zero attached hydrogens (tertiary/aromatic N) is 2. The topological polar surface area (TPSA) is 43.3 Å². The summed E-state index contributed by atoms with van der Waals surface area (Å²) < 4.78 is 2.02. The Hall–Kier alpha value is -1.35. The van der Waals surface area contributed by atoms with Gasteiger partial charge in [-0.05, 0) is 19.1 Å². The second-order valence-electron chi connectivity index (χ2n) is 2.78. The summed E-state index contributed by atoms with van der Waals surface area (Å²) in [6, 6.07) is 5.93. The lowest BCUT2D eigenvalue weighted by molar-refractivity contribution is 0.944. The van der Waals surface area contributed by atoms with E-state index in [-0.39, 0.29) is 0 Å². The molecule has 0 bridgehead atoms. The van der Waals surface area contributed by atoms with E-state index in [0.29, 0.717) is 6.54 Å². The minimum Gasteiger partial charge on any atom is -0.325 e. The van der Waals surface area contributed by atoms with Gasteiger partial charge in [0.1, 0.15) is 5.65 Å². The maximum Gasteiger partial charge on any atom is 0.137 e. The molecule has 0 aliphatic carbocycles. The van der Waals surface area contributed by atoms with Crippen molar-refractivity contribution in [3.05, 3.63) is 35.8 Å². The van der Waals surface area contributed by atoms with Crippen LogP contribution in [0.5, 0.6) is 0 Å². The number of pyridine rings is 1. The monoisotopic (exact) mass is 161 g/mol. The van der Waals surface area contributed by atoms with Crippen molar-refractivity contribution in [2.75, 3.05) is 0 Å². The Labute approximate surface area is 70.8 Å². The molecule has 62 valence electrons. The number of hydrogen-bond donors (Lipinski definition) is 1. The highest BCUT2D eigenvalue weighted by atomic mass is 15.0. The quantitative estimate of drug-likeness (QED) is 0.680. The first kappa shape index (κ1) is 7.31. The summed E-state index contributed by atoms with van der Waals surface area (Å²) >= 11 is 0. The van der Waals surface area contributed by atoms with E-state index in [1.807, 2.05) is 35.7 Å². The highest BCUT2D eigenvalue weighted by Gasteiger charge is 2.04. The van der Waals surface area contributed by atoms with Gasteiger partial charge in [0.2, 0.25) is 0 Å². The number of rotatable bonds is 1. The van der Waals surface area contributed by atoms with Crippen molar-refractivity contribution in [1.82, 2.24) is 9.38 Å². The minimum atomic E-state index is 0.539.